The Morgan fingerprint density at radius 1 is 1.00 bits per heavy atom. The molecule has 0 bridgehead atoms. The topological polar surface area (TPSA) is 103 Å². The SMILES string of the molecule is Cc1ccccc1Nc1ncc(C(=O)NCC2(O)CCCCC2)cc1NC(=O)c1csc2ccccc12. The van der Waals surface area contributed by atoms with Crippen LogP contribution in [0.4, 0.5) is 17.2 Å². The summed E-state index contributed by atoms with van der Waals surface area (Å²) in [5, 5.41) is 22.6. The van der Waals surface area contributed by atoms with E-state index in [-0.39, 0.29) is 18.4 Å². The normalized spacial score (nSPS) is 14.8. The number of nitrogens with zero attached hydrogens (tertiary/aromatic N) is 1. The summed E-state index contributed by atoms with van der Waals surface area (Å²) in [6, 6.07) is 17.2. The van der Waals surface area contributed by atoms with E-state index in [9.17, 15) is 14.7 Å². The van der Waals surface area contributed by atoms with Gasteiger partial charge in [-0.25, -0.2) is 4.98 Å². The fraction of sp³-hybridized carbons (Fsp3) is 0.276. The smallest absolute Gasteiger partial charge is 0.257 e. The van der Waals surface area contributed by atoms with Crippen LogP contribution in [0.2, 0.25) is 0 Å². The molecule has 1 fully saturated rings. The molecule has 1 saturated carbocycles. The van der Waals surface area contributed by atoms with Gasteiger partial charge in [0.2, 0.25) is 0 Å². The van der Waals surface area contributed by atoms with Gasteiger partial charge in [0, 0.05) is 33.9 Å². The molecule has 2 amide bonds. The van der Waals surface area contributed by atoms with E-state index >= 15 is 0 Å². The molecule has 37 heavy (non-hydrogen) atoms. The quantitative estimate of drug-likeness (QED) is 0.241. The number of thiophene rings is 1. The molecule has 8 heteroatoms. The Morgan fingerprint density at radius 2 is 1.76 bits per heavy atom. The van der Waals surface area contributed by atoms with Gasteiger partial charge >= 0.3 is 0 Å². The highest BCUT2D eigenvalue weighted by Gasteiger charge is 2.29. The van der Waals surface area contributed by atoms with Crippen molar-refractivity contribution in [2.45, 2.75) is 44.6 Å². The van der Waals surface area contributed by atoms with Crippen molar-refractivity contribution in [1.82, 2.24) is 10.3 Å². The molecular weight excluding hydrogens is 484 g/mol. The number of nitrogens with one attached hydrogen (secondary N) is 3. The molecule has 0 atom stereocenters. The van der Waals surface area contributed by atoms with Crippen molar-refractivity contribution < 1.29 is 14.7 Å². The van der Waals surface area contributed by atoms with Crippen molar-refractivity contribution in [3.63, 3.8) is 0 Å². The number of fused-ring (bicyclic) bond motifs is 1. The highest BCUT2D eigenvalue weighted by atomic mass is 32.1. The molecule has 1 aliphatic rings. The van der Waals surface area contributed by atoms with E-state index < -0.39 is 5.60 Å². The fourth-order valence-corrected chi connectivity index (χ4v) is 5.64. The molecular formula is C29H30N4O3S. The van der Waals surface area contributed by atoms with Crippen LogP contribution in [0.25, 0.3) is 10.1 Å². The molecule has 0 radical (unpaired) electrons. The lowest BCUT2D eigenvalue weighted by Crippen LogP contribution is -2.44. The minimum Gasteiger partial charge on any atom is -0.388 e. The lowest BCUT2D eigenvalue weighted by molar-refractivity contribution is 0.00525. The van der Waals surface area contributed by atoms with Crippen molar-refractivity contribution in [2.24, 2.45) is 0 Å². The summed E-state index contributed by atoms with van der Waals surface area (Å²) in [6.07, 6.45) is 5.87. The van der Waals surface area contributed by atoms with E-state index in [4.69, 9.17) is 0 Å². The number of aryl methyl sites for hydroxylation is 1. The average molecular weight is 515 g/mol. The highest BCUT2D eigenvalue weighted by Crippen LogP contribution is 2.30. The van der Waals surface area contributed by atoms with Gasteiger partial charge in [0.05, 0.1) is 22.4 Å². The largest absolute Gasteiger partial charge is 0.388 e. The van der Waals surface area contributed by atoms with Crippen molar-refractivity contribution >= 4 is 50.4 Å². The van der Waals surface area contributed by atoms with Gasteiger partial charge in [0.15, 0.2) is 5.82 Å². The molecule has 7 nitrogen and oxygen atoms in total. The van der Waals surface area contributed by atoms with Gasteiger partial charge in [-0.1, -0.05) is 55.7 Å². The molecule has 0 saturated heterocycles. The van der Waals surface area contributed by atoms with Gasteiger partial charge in [0.25, 0.3) is 11.8 Å². The van der Waals surface area contributed by atoms with Crippen LogP contribution in [0.5, 0.6) is 0 Å². The molecule has 2 aromatic heterocycles. The van der Waals surface area contributed by atoms with E-state index in [1.54, 1.807) is 6.07 Å². The number of carbonyl (C=O) groups is 2. The summed E-state index contributed by atoms with van der Waals surface area (Å²) >= 11 is 1.51. The van der Waals surface area contributed by atoms with Gasteiger partial charge in [-0.3, -0.25) is 9.59 Å². The Kier molecular flexibility index (Phi) is 7.21. The maximum Gasteiger partial charge on any atom is 0.257 e. The summed E-state index contributed by atoms with van der Waals surface area (Å²) in [5.41, 5.74) is 2.27. The first-order chi connectivity index (χ1) is 17.9. The van der Waals surface area contributed by atoms with Crippen LogP contribution in [0, 0.1) is 6.92 Å². The number of anilines is 3. The number of amides is 2. The van der Waals surface area contributed by atoms with Crippen LogP contribution in [-0.2, 0) is 0 Å². The lowest BCUT2D eigenvalue weighted by Gasteiger charge is -2.32. The Bertz CT molecular complexity index is 1440. The minimum atomic E-state index is -0.870. The molecule has 0 unspecified atom stereocenters. The number of carbonyl (C=O) groups excluding carboxylic acids is 2. The molecule has 1 aliphatic carbocycles. The zero-order valence-corrected chi connectivity index (χ0v) is 21.5. The van der Waals surface area contributed by atoms with E-state index in [1.807, 2.05) is 60.8 Å². The molecule has 0 spiro atoms. The third-order valence-corrected chi connectivity index (χ3v) is 7.85. The van der Waals surface area contributed by atoms with Crippen LogP contribution in [0.3, 0.4) is 0 Å². The molecule has 4 aromatic rings. The summed E-state index contributed by atoms with van der Waals surface area (Å²) in [4.78, 5) is 30.8. The third kappa shape index (κ3) is 5.65. The lowest BCUT2D eigenvalue weighted by atomic mass is 9.85. The van der Waals surface area contributed by atoms with Crippen molar-refractivity contribution in [3.8, 4) is 0 Å². The standard InChI is InChI=1S/C29H30N4O3S/c1-19-9-3-5-11-23(19)32-26-24(33-28(35)22-17-37-25-12-6-4-10-21(22)25)15-20(16-30-26)27(34)31-18-29(36)13-7-2-8-14-29/h3-6,9-12,15-17,36H,2,7-8,13-14,18H2,1H3,(H,30,32)(H,31,34)(H,33,35). The minimum absolute atomic E-state index is 0.192. The summed E-state index contributed by atoms with van der Waals surface area (Å²) < 4.78 is 1.03. The van der Waals surface area contributed by atoms with Crippen molar-refractivity contribution in [2.75, 3.05) is 17.2 Å². The molecule has 0 aliphatic heterocycles. The monoisotopic (exact) mass is 514 g/mol. The van der Waals surface area contributed by atoms with Crippen LogP contribution in [-0.4, -0.2) is 34.1 Å². The second-order valence-corrected chi connectivity index (χ2v) is 10.5. The van der Waals surface area contributed by atoms with Crippen molar-refractivity contribution in [1.29, 1.82) is 0 Å². The molecule has 4 N–H and O–H groups in total. The molecule has 2 heterocycles. The zero-order valence-electron chi connectivity index (χ0n) is 20.7. The van der Waals surface area contributed by atoms with E-state index in [1.165, 1.54) is 17.5 Å². The van der Waals surface area contributed by atoms with Gasteiger partial charge in [0.1, 0.15) is 0 Å². The Labute approximate surface area is 219 Å². The number of para-hydroxylation sites is 1. The Balaban J connectivity index is 1.42. The number of hydrogen-bond donors (Lipinski definition) is 4. The first-order valence-corrected chi connectivity index (χ1v) is 13.4. The van der Waals surface area contributed by atoms with Gasteiger partial charge in [-0.05, 0) is 43.5 Å². The summed E-state index contributed by atoms with van der Waals surface area (Å²) in [6.45, 7) is 2.17. The zero-order chi connectivity index (χ0) is 25.8. The first-order valence-electron chi connectivity index (χ1n) is 12.5. The van der Waals surface area contributed by atoms with Crippen LogP contribution in [0.1, 0.15) is 58.4 Å². The maximum atomic E-state index is 13.3. The number of benzene rings is 2. The average Bonchev–Trinajstić information content (AvgIpc) is 3.34. The molecule has 190 valence electrons. The predicted octanol–water partition coefficient (Wildman–Crippen LogP) is 6.03. The first kappa shape index (κ1) is 24.9. The van der Waals surface area contributed by atoms with E-state index in [0.717, 1.165) is 40.6 Å². The second-order valence-electron chi connectivity index (χ2n) is 9.63. The second kappa shape index (κ2) is 10.7. The fourth-order valence-electron chi connectivity index (χ4n) is 4.70. The van der Waals surface area contributed by atoms with E-state index in [2.05, 4.69) is 20.9 Å². The van der Waals surface area contributed by atoms with E-state index in [0.29, 0.717) is 35.5 Å². The van der Waals surface area contributed by atoms with Gasteiger partial charge in [-0.15, -0.1) is 11.3 Å². The number of aliphatic hydroxyl groups is 1. The maximum absolute atomic E-state index is 13.3. The van der Waals surface area contributed by atoms with Crippen molar-refractivity contribution in [3.05, 3.63) is 82.9 Å². The van der Waals surface area contributed by atoms with Crippen LogP contribution in [0.15, 0.2) is 66.2 Å². The number of rotatable bonds is 7. The summed E-state index contributed by atoms with van der Waals surface area (Å²) in [7, 11) is 0. The Hall–Kier alpha value is -3.75. The third-order valence-electron chi connectivity index (χ3n) is 6.88. The predicted molar refractivity (Wildman–Crippen MR) is 149 cm³/mol. The molecule has 2 aromatic carbocycles. The Morgan fingerprint density at radius 3 is 2.57 bits per heavy atom. The number of pyridine rings is 1. The highest BCUT2D eigenvalue weighted by molar-refractivity contribution is 7.17. The number of aromatic nitrogens is 1. The van der Waals surface area contributed by atoms with Gasteiger partial charge in [-0.2, -0.15) is 0 Å². The van der Waals surface area contributed by atoms with Crippen LogP contribution >= 0.6 is 11.3 Å². The number of hydrogen-bond acceptors (Lipinski definition) is 6. The van der Waals surface area contributed by atoms with Crippen LogP contribution < -0.4 is 16.0 Å². The molecule has 5 rings (SSSR count). The van der Waals surface area contributed by atoms with Gasteiger partial charge < -0.3 is 21.1 Å². The summed E-state index contributed by atoms with van der Waals surface area (Å²) in [5.74, 6) is -0.184.